The quantitative estimate of drug-likeness (QED) is 0.580. The predicted molar refractivity (Wildman–Crippen MR) is 68.7 cm³/mol. The van der Waals surface area contributed by atoms with Crippen molar-refractivity contribution >= 4 is 24.1 Å². The molecule has 5 nitrogen and oxygen atoms in total. The van der Waals surface area contributed by atoms with Crippen LogP contribution >= 0.6 is 12.4 Å². The van der Waals surface area contributed by atoms with Gasteiger partial charge in [0.25, 0.3) is 0 Å². The Labute approximate surface area is 106 Å². The average molecular weight is 261 g/mol. The van der Waals surface area contributed by atoms with Crippen molar-refractivity contribution in [3.63, 3.8) is 0 Å². The minimum Gasteiger partial charge on any atom is -0.508 e. The molecule has 0 saturated carbocycles. The van der Waals surface area contributed by atoms with Crippen LogP contribution in [-0.4, -0.2) is 28.8 Å². The number of aromatic hydroxyl groups is 1. The summed E-state index contributed by atoms with van der Waals surface area (Å²) < 4.78 is 0. The molecular formula is C11H17ClN2O3. The summed E-state index contributed by atoms with van der Waals surface area (Å²) in [5.74, 6) is -0.774. The number of nitrogens with one attached hydrogen (secondary N) is 1. The van der Waals surface area contributed by atoms with Crippen LogP contribution in [0.4, 0.5) is 5.69 Å². The Morgan fingerprint density at radius 3 is 2.76 bits per heavy atom. The van der Waals surface area contributed by atoms with E-state index in [4.69, 9.17) is 10.8 Å². The number of hydrogen-bond acceptors (Lipinski definition) is 4. The first kappa shape index (κ1) is 15.5. The number of rotatable bonds is 6. The largest absolute Gasteiger partial charge is 0.508 e. The third kappa shape index (κ3) is 5.99. The molecule has 0 fully saturated rings. The van der Waals surface area contributed by atoms with Gasteiger partial charge in [0.05, 0.1) is 0 Å². The van der Waals surface area contributed by atoms with Crippen LogP contribution < -0.4 is 11.1 Å². The highest BCUT2D eigenvalue weighted by Gasteiger charge is 2.09. The first-order chi connectivity index (χ1) is 7.59. The van der Waals surface area contributed by atoms with Gasteiger partial charge in [-0.2, -0.15) is 0 Å². The second-order valence-corrected chi connectivity index (χ2v) is 3.56. The zero-order valence-corrected chi connectivity index (χ0v) is 10.1. The highest BCUT2D eigenvalue weighted by molar-refractivity contribution is 5.85. The molecular weight excluding hydrogens is 244 g/mol. The maximum Gasteiger partial charge on any atom is 0.320 e. The lowest BCUT2D eigenvalue weighted by Gasteiger charge is -2.08. The molecule has 1 unspecified atom stereocenters. The normalized spacial score (nSPS) is 11.4. The number of carboxylic acids is 1. The van der Waals surface area contributed by atoms with Crippen molar-refractivity contribution in [2.75, 3.05) is 11.9 Å². The summed E-state index contributed by atoms with van der Waals surface area (Å²) >= 11 is 0. The fourth-order valence-electron chi connectivity index (χ4n) is 1.29. The van der Waals surface area contributed by atoms with E-state index in [1.165, 1.54) is 0 Å². The van der Waals surface area contributed by atoms with E-state index in [9.17, 15) is 9.90 Å². The van der Waals surface area contributed by atoms with E-state index < -0.39 is 12.0 Å². The van der Waals surface area contributed by atoms with Crippen LogP contribution in [-0.2, 0) is 4.79 Å². The number of carboxylic acid groups (broad SMARTS) is 1. The SMILES string of the molecule is Cl.NC(CCCNc1cccc(O)c1)C(=O)O. The fourth-order valence-corrected chi connectivity index (χ4v) is 1.29. The van der Waals surface area contributed by atoms with Crippen molar-refractivity contribution in [2.45, 2.75) is 18.9 Å². The molecule has 0 saturated heterocycles. The third-order valence-electron chi connectivity index (χ3n) is 2.18. The highest BCUT2D eigenvalue weighted by Crippen LogP contribution is 2.15. The number of aliphatic carboxylic acids is 1. The van der Waals surface area contributed by atoms with Gasteiger partial charge in [0, 0.05) is 18.3 Å². The molecule has 5 N–H and O–H groups in total. The minimum absolute atomic E-state index is 0. The average Bonchev–Trinajstić information content (AvgIpc) is 2.24. The second-order valence-electron chi connectivity index (χ2n) is 3.56. The Kier molecular flexibility index (Phi) is 7.09. The van der Waals surface area contributed by atoms with Crippen molar-refractivity contribution < 1.29 is 15.0 Å². The molecule has 1 aromatic carbocycles. The maximum absolute atomic E-state index is 10.4. The lowest BCUT2D eigenvalue weighted by molar-refractivity contribution is -0.138. The van der Waals surface area contributed by atoms with Crippen LogP contribution in [0.5, 0.6) is 5.75 Å². The molecule has 0 aliphatic carbocycles. The van der Waals surface area contributed by atoms with Crippen molar-refractivity contribution in [3.8, 4) is 5.75 Å². The Balaban J connectivity index is 0.00000256. The van der Waals surface area contributed by atoms with Gasteiger partial charge in [-0.15, -0.1) is 12.4 Å². The molecule has 0 spiro atoms. The summed E-state index contributed by atoms with van der Waals surface area (Å²) in [7, 11) is 0. The Bertz CT molecular complexity index is 360. The number of nitrogens with two attached hydrogens (primary N) is 1. The summed E-state index contributed by atoms with van der Waals surface area (Å²) in [5.41, 5.74) is 6.16. The standard InChI is InChI=1S/C11H16N2O3.ClH/c12-10(11(15)16)5-2-6-13-8-3-1-4-9(14)7-8;/h1,3-4,7,10,13-14H,2,5-6,12H2,(H,15,16);1H. The van der Waals surface area contributed by atoms with E-state index in [2.05, 4.69) is 5.32 Å². The summed E-state index contributed by atoms with van der Waals surface area (Å²) in [6.07, 6.45) is 1.10. The number of carbonyl (C=O) groups is 1. The van der Waals surface area contributed by atoms with Crippen LogP contribution in [0.2, 0.25) is 0 Å². The molecule has 0 aromatic heterocycles. The van der Waals surface area contributed by atoms with Gasteiger partial charge < -0.3 is 21.3 Å². The van der Waals surface area contributed by atoms with E-state index in [-0.39, 0.29) is 18.2 Å². The molecule has 0 radical (unpaired) electrons. The highest BCUT2D eigenvalue weighted by atomic mass is 35.5. The molecule has 17 heavy (non-hydrogen) atoms. The maximum atomic E-state index is 10.4. The smallest absolute Gasteiger partial charge is 0.320 e. The van der Waals surface area contributed by atoms with E-state index in [1.807, 2.05) is 6.07 Å². The van der Waals surface area contributed by atoms with E-state index in [0.717, 1.165) is 5.69 Å². The topological polar surface area (TPSA) is 95.6 Å². The monoisotopic (exact) mass is 260 g/mol. The van der Waals surface area contributed by atoms with Gasteiger partial charge in [0.2, 0.25) is 0 Å². The first-order valence-corrected chi connectivity index (χ1v) is 5.11. The van der Waals surface area contributed by atoms with Crippen LogP contribution in [0.15, 0.2) is 24.3 Å². The van der Waals surface area contributed by atoms with Gasteiger partial charge in [-0.1, -0.05) is 6.07 Å². The second kappa shape index (κ2) is 7.76. The number of hydrogen-bond donors (Lipinski definition) is 4. The molecule has 0 heterocycles. The van der Waals surface area contributed by atoms with Gasteiger partial charge >= 0.3 is 5.97 Å². The van der Waals surface area contributed by atoms with Crippen LogP contribution in [0.1, 0.15) is 12.8 Å². The van der Waals surface area contributed by atoms with Gasteiger partial charge in [-0.25, -0.2) is 0 Å². The number of benzene rings is 1. The van der Waals surface area contributed by atoms with Crippen molar-refractivity contribution in [1.82, 2.24) is 0 Å². The minimum atomic E-state index is -0.975. The lowest BCUT2D eigenvalue weighted by atomic mass is 10.1. The summed E-state index contributed by atoms with van der Waals surface area (Å²) in [5, 5.41) is 20.8. The van der Waals surface area contributed by atoms with Crippen LogP contribution in [0.3, 0.4) is 0 Å². The lowest BCUT2D eigenvalue weighted by Crippen LogP contribution is -2.30. The zero-order valence-electron chi connectivity index (χ0n) is 9.30. The molecule has 96 valence electrons. The summed E-state index contributed by atoms with van der Waals surface area (Å²) in [6, 6.07) is 5.96. The summed E-state index contributed by atoms with van der Waals surface area (Å²) in [4.78, 5) is 10.4. The van der Waals surface area contributed by atoms with E-state index in [0.29, 0.717) is 19.4 Å². The Morgan fingerprint density at radius 1 is 1.47 bits per heavy atom. The van der Waals surface area contributed by atoms with Gasteiger partial charge in [-0.05, 0) is 25.0 Å². The predicted octanol–water partition coefficient (Wildman–Crippen LogP) is 1.42. The van der Waals surface area contributed by atoms with E-state index in [1.54, 1.807) is 18.2 Å². The van der Waals surface area contributed by atoms with Gasteiger partial charge in [-0.3, -0.25) is 4.79 Å². The van der Waals surface area contributed by atoms with Crippen molar-refractivity contribution in [2.24, 2.45) is 5.73 Å². The van der Waals surface area contributed by atoms with Gasteiger partial charge in [0.1, 0.15) is 11.8 Å². The number of anilines is 1. The third-order valence-corrected chi connectivity index (χ3v) is 2.18. The first-order valence-electron chi connectivity index (χ1n) is 5.11. The van der Waals surface area contributed by atoms with Gasteiger partial charge in [0.15, 0.2) is 0 Å². The summed E-state index contributed by atoms with van der Waals surface area (Å²) in [6.45, 7) is 0.629. The van der Waals surface area contributed by atoms with Crippen LogP contribution in [0, 0.1) is 0 Å². The molecule has 0 bridgehead atoms. The van der Waals surface area contributed by atoms with Crippen molar-refractivity contribution in [1.29, 1.82) is 0 Å². The molecule has 6 heteroatoms. The Hall–Kier alpha value is -1.46. The van der Waals surface area contributed by atoms with Crippen molar-refractivity contribution in [3.05, 3.63) is 24.3 Å². The molecule has 1 atom stereocenters. The Morgan fingerprint density at radius 2 is 2.18 bits per heavy atom. The molecule has 0 aliphatic heterocycles. The molecule has 0 aliphatic rings. The molecule has 1 aromatic rings. The van der Waals surface area contributed by atoms with Crippen LogP contribution in [0.25, 0.3) is 0 Å². The number of phenolic OH excluding ortho intramolecular Hbond substituents is 1. The number of halogens is 1. The molecule has 1 rings (SSSR count). The zero-order chi connectivity index (χ0) is 12.0. The fraction of sp³-hybridized carbons (Fsp3) is 0.364. The number of phenols is 1. The van der Waals surface area contributed by atoms with E-state index >= 15 is 0 Å². The molecule has 0 amide bonds.